The molecule has 2 heterocycles. The molecular formula is C18H20N4O4. The van der Waals surface area contributed by atoms with Gasteiger partial charge in [0.05, 0.1) is 13.2 Å². The predicted molar refractivity (Wildman–Crippen MR) is 94.9 cm³/mol. The van der Waals surface area contributed by atoms with E-state index in [4.69, 9.17) is 4.84 Å². The van der Waals surface area contributed by atoms with Gasteiger partial charge in [-0.15, -0.1) is 0 Å². The first-order chi connectivity index (χ1) is 12.6. The van der Waals surface area contributed by atoms with Gasteiger partial charge in [0.25, 0.3) is 0 Å². The number of hydrogen-bond acceptors (Lipinski definition) is 6. The summed E-state index contributed by atoms with van der Waals surface area (Å²) in [6.07, 6.45) is 2.46. The van der Waals surface area contributed by atoms with Crippen molar-refractivity contribution in [1.29, 1.82) is 0 Å². The van der Waals surface area contributed by atoms with E-state index in [9.17, 15) is 14.7 Å². The molecule has 2 N–H and O–H groups in total. The normalized spacial score (nSPS) is 19.0. The maximum absolute atomic E-state index is 12.3. The molecule has 1 fully saturated rings. The van der Waals surface area contributed by atoms with E-state index in [1.54, 1.807) is 11.1 Å². The minimum Gasteiger partial charge on any atom is -0.392 e. The molecule has 1 atom stereocenters. The van der Waals surface area contributed by atoms with Crippen molar-refractivity contribution in [1.82, 2.24) is 14.6 Å². The minimum atomic E-state index is -0.683. The summed E-state index contributed by atoms with van der Waals surface area (Å²) in [5.74, 6) is -0.118. The zero-order valence-electron chi connectivity index (χ0n) is 14.3. The van der Waals surface area contributed by atoms with E-state index in [2.05, 4.69) is 10.3 Å². The first kappa shape index (κ1) is 18.0. The van der Waals surface area contributed by atoms with Crippen LogP contribution in [-0.2, 0) is 16.2 Å². The van der Waals surface area contributed by atoms with E-state index in [-0.39, 0.29) is 18.3 Å². The number of amides is 1. The Morgan fingerprint density at radius 2 is 2.15 bits per heavy atom. The zero-order chi connectivity index (χ0) is 18.5. The van der Waals surface area contributed by atoms with Gasteiger partial charge in [0.1, 0.15) is 5.82 Å². The number of benzene rings is 1. The molecule has 8 nitrogen and oxygen atoms in total. The Balaban J connectivity index is 1.82. The van der Waals surface area contributed by atoms with Gasteiger partial charge in [-0.05, 0) is 17.2 Å². The van der Waals surface area contributed by atoms with Crippen LogP contribution in [0.3, 0.4) is 0 Å². The lowest BCUT2D eigenvalue weighted by Gasteiger charge is -2.17. The third kappa shape index (κ3) is 4.23. The molecule has 1 unspecified atom stereocenters. The second-order valence-corrected chi connectivity index (χ2v) is 5.89. The summed E-state index contributed by atoms with van der Waals surface area (Å²) >= 11 is 0. The second kappa shape index (κ2) is 8.05. The fourth-order valence-corrected chi connectivity index (χ4v) is 2.76. The molecule has 1 amide bonds. The molecule has 1 aromatic heterocycles. The fraction of sp³-hybridized carbons (Fsp3) is 0.278. The first-order valence-corrected chi connectivity index (χ1v) is 8.19. The highest BCUT2D eigenvalue weighted by Gasteiger charge is 2.31. The predicted octanol–water partition coefficient (Wildman–Crippen LogP) is 1.07. The third-order valence-corrected chi connectivity index (χ3v) is 3.87. The van der Waals surface area contributed by atoms with Crippen LogP contribution in [0.15, 0.2) is 59.0 Å². The maximum atomic E-state index is 12.3. The summed E-state index contributed by atoms with van der Waals surface area (Å²) in [6, 6.07) is 11.3. The molecule has 0 spiro atoms. The van der Waals surface area contributed by atoms with Crippen molar-refractivity contribution in [3.05, 3.63) is 70.3 Å². The highest BCUT2D eigenvalue weighted by Crippen LogP contribution is 2.29. The topological polar surface area (TPSA) is 96.7 Å². The number of aromatic nitrogens is 2. The average molecular weight is 356 g/mol. The largest absolute Gasteiger partial charge is 0.392 e. The number of nitrogens with zero attached hydrogens (tertiary/aromatic N) is 3. The highest BCUT2D eigenvalue weighted by molar-refractivity contribution is 5.87. The molecule has 1 aromatic carbocycles. The molecule has 1 saturated heterocycles. The van der Waals surface area contributed by atoms with Gasteiger partial charge in [-0.1, -0.05) is 36.4 Å². The van der Waals surface area contributed by atoms with Crippen molar-refractivity contribution in [2.45, 2.75) is 19.7 Å². The summed E-state index contributed by atoms with van der Waals surface area (Å²) in [4.78, 5) is 33.2. The molecular weight excluding hydrogens is 336 g/mol. The second-order valence-electron chi connectivity index (χ2n) is 5.89. The molecule has 1 aliphatic rings. The molecule has 0 bridgehead atoms. The van der Waals surface area contributed by atoms with Crippen LogP contribution in [0.5, 0.6) is 0 Å². The Bertz CT molecular complexity index is 863. The minimum absolute atomic E-state index is 0.152. The number of nitrogens with one attached hydrogen (secondary N) is 1. The van der Waals surface area contributed by atoms with Gasteiger partial charge < -0.3 is 10.4 Å². The molecule has 136 valence electrons. The summed E-state index contributed by atoms with van der Waals surface area (Å²) in [6.45, 7) is 2.20. The first-order valence-electron chi connectivity index (χ1n) is 8.19. The monoisotopic (exact) mass is 356 g/mol. The number of carbonyl (C=O) groups excluding carboxylic acids is 1. The lowest BCUT2D eigenvalue weighted by Crippen LogP contribution is -2.29. The van der Waals surface area contributed by atoms with E-state index in [0.717, 1.165) is 11.1 Å². The van der Waals surface area contributed by atoms with Crippen LogP contribution >= 0.6 is 0 Å². The van der Waals surface area contributed by atoms with Crippen LogP contribution in [0.2, 0.25) is 0 Å². The lowest BCUT2D eigenvalue weighted by atomic mass is 10.2. The highest BCUT2D eigenvalue weighted by atomic mass is 16.7. The Morgan fingerprint density at radius 3 is 2.81 bits per heavy atom. The van der Waals surface area contributed by atoms with E-state index in [1.807, 2.05) is 30.3 Å². The van der Waals surface area contributed by atoms with Gasteiger partial charge in [-0.2, -0.15) is 10.0 Å². The van der Waals surface area contributed by atoms with E-state index in [0.29, 0.717) is 13.1 Å². The standard InChI is InChI=1S/C18H20N4O4/c1-13(24)19-16-7-9-22(18(25)20-16)17-15(8-10-23)12-21(26-17)11-14-5-3-2-4-6-14/h2-9,17,23H,10-12H2,1H3,(H,19,20,24,25)/b15-8-. The lowest BCUT2D eigenvalue weighted by molar-refractivity contribution is -0.173. The number of anilines is 1. The SMILES string of the molecule is CC(=O)Nc1ccn(C2ON(Cc3ccccc3)C/C2=C/CO)c(=O)n1. The van der Waals surface area contributed by atoms with Crippen molar-refractivity contribution in [3.8, 4) is 0 Å². The molecule has 2 aromatic rings. The fourth-order valence-electron chi connectivity index (χ4n) is 2.76. The molecule has 0 radical (unpaired) electrons. The van der Waals surface area contributed by atoms with E-state index >= 15 is 0 Å². The van der Waals surface area contributed by atoms with Crippen LogP contribution in [-0.4, -0.2) is 38.8 Å². The number of carbonyl (C=O) groups is 1. The maximum Gasteiger partial charge on any atom is 0.351 e. The molecule has 8 heteroatoms. The van der Waals surface area contributed by atoms with Crippen LogP contribution < -0.4 is 11.0 Å². The Labute approximate surface area is 150 Å². The van der Waals surface area contributed by atoms with Crippen LogP contribution in [0.25, 0.3) is 0 Å². The molecule has 0 aliphatic carbocycles. The Morgan fingerprint density at radius 1 is 1.38 bits per heavy atom. The average Bonchev–Trinajstić information content (AvgIpc) is 2.98. The van der Waals surface area contributed by atoms with Crippen LogP contribution in [0, 0.1) is 0 Å². The number of hydrogen-bond donors (Lipinski definition) is 2. The summed E-state index contributed by atoms with van der Waals surface area (Å²) in [7, 11) is 0. The quantitative estimate of drug-likeness (QED) is 0.778. The Hall–Kier alpha value is -2.81. The molecule has 1 aliphatic heterocycles. The van der Waals surface area contributed by atoms with Gasteiger partial charge in [0.15, 0.2) is 6.23 Å². The van der Waals surface area contributed by atoms with Crippen molar-refractivity contribution >= 4 is 11.7 Å². The van der Waals surface area contributed by atoms with E-state index in [1.165, 1.54) is 23.8 Å². The number of aliphatic hydroxyl groups excluding tert-OH is 1. The summed E-state index contributed by atoms with van der Waals surface area (Å²) in [5.41, 5.74) is 1.29. The van der Waals surface area contributed by atoms with Crippen molar-refractivity contribution < 1.29 is 14.7 Å². The van der Waals surface area contributed by atoms with Crippen LogP contribution in [0.4, 0.5) is 5.82 Å². The van der Waals surface area contributed by atoms with Gasteiger partial charge in [-0.25, -0.2) is 4.79 Å². The molecule has 26 heavy (non-hydrogen) atoms. The number of rotatable bonds is 5. The Kier molecular flexibility index (Phi) is 5.57. The number of hydroxylamine groups is 2. The molecule has 0 saturated carbocycles. The summed E-state index contributed by atoms with van der Waals surface area (Å²) < 4.78 is 1.33. The van der Waals surface area contributed by atoms with Gasteiger partial charge >= 0.3 is 5.69 Å². The van der Waals surface area contributed by atoms with Crippen molar-refractivity contribution in [3.63, 3.8) is 0 Å². The van der Waals surface area contributed by atoms with Gasteiger partial charge in [0, 0.05) is 19.7 Å². The third-order valence-electron chi connectivity index (χ3n) is 3.87. The van der Waals surface area contributed by atoms with E-state index < -0.39 is 11.9 Å². The van der Waals surface area contributed by atoms with Crippen molar-refractivity contribution in [2.24, 2.45) is 0 Å². The van der Waals surface area contributed by atoms with Gasteiger partial charge in [-0.3, -0.25) is 14.2 Å². The van der Waals surface area contributed by atoms with Crippen LogP contribution in [0.1, 0.15) is 18.7 Å². The molecule has 3 rings (SSSR count). The van der Waals surface area contributed by atoms with Gasteiger partial charge in [0.2, 0.25) is 5.91 Å². The smallest absolute Gasteiger partial charge is 0.351 e. The van der Waals surface area contributed by atoms with Crippen molar-refractivity contribution in [2.75, 3.05) is 18.5 Å². The summed E-state index contributed by atoms with van der Waals surface area (Å²) in [5, 5.41) is 13.5. The zero-order valence-corrected chi connectivity index (χ0v) is 14.3. The number of aliphatic hydroxyl groups is 1.